The molecule has 0 saturated heterocycles. The Hall–Kier alpha value is -3.66. The second-order valence-electron chi connectivity index (χ2n) is 10.1. The van der Waals surface area contributed by atoms with Gasteiger partial charge in [-0.2, -0.15) is 0 Å². The van der Waals surface area contributed by atoms with Crippen molar-refractivity contribution in [3.63, 3.8) is 0 Å². The van der Waals surface area contributed by atoms with E-state index in [0.717, 1.165) is 39.7 Å². The molecule has 0 saturated carbocycles. The van der Waals surface area contributed by atoms with Crippen molar-refractivity contribution in [1.82, 2.24) is 5.32 Å². The Bertz CT molecular complexity index is 1340. The van der Waals surface area contributed by atoms with Crippen molar-refractivity contribution in [2.75, 3.05) is 0 Å². The van der Waals surface area contributed by atoms with Crippen molar-refractivity contribution in [2.45, 2.75) is 46.1 Å². The smallest absolute Gasteiger partial charge is 0.337 e. The first-order chi connectivity index (χ1) is 16.3. The molecular formula is C30H29NO3. The van der Waals surface area contributed by atoms with Gasteiger partial charge in [0.25, 0.3) is 0 Å². The van der Waals surface area contributed by atoms with Crippen molar-refractivity contribution in [3.05, 3.63) is 106 Å². The summed E-state index contributed by atoms with van der Waals surface area (Å²) < 4.78 is 5.79. The molecule has 1 aliphatic carbocycles. The number of Topliss-reactive ketones (excluding diaryl/α,β-unsaturated/α-hetero) is 1. The van der Waals surface area contributed by atoms with E-state index in [1.165, 1.54) is 0 Å². The number of allylic oxidation sites excluding steroid dienone is 3. The monoisotopic (exact) mass is 451 g/mol. The second kappa shape index (κ2) is 8.60. The third-order valence-electron chi connectivity index (χ3n) is 6.81. The Labute approximate surface area is 200 Å². The third-order valence-corrected chi connectivity index (χ3v) is 6.81. The molecule has 5 rings (SSSR count). The highest BCUT2D eigenvalue weighted by Gasteiger charge is 2.43. The minimum Gasteiger partial charge on any atom is -0.457 e. The predicted octanol–water partition coefficient (Wildman–Crippen LogP) is 6.19. The highest BCUT2D eigenvalue weighted by molar-refractivity contribution is 6.05. The van der Waals surface area contributed by atoms with Crippen LogP contribution in [0.25, 0.3) is 10.8 Å². The normalized spacial score (nSPS) is 19.6. The zero-order chi connectivity index (χ0) is 23.9. The van der Waals surface area contributed by atoms with Crippen molar-refractivity contribution < 1.29 is 14.3 Å². The van der Waals surface area contributed by atoms with E-state index in [0.29, 0.717) is 17.6 Å². The van der Waals surface area contributed by atoms with E-state index in [4.69, 9.17) is 4.74 Å². The van der Waals surface area contributed by atoms with E-state index in [2.05, 4.69) is 37.4 Å². The average molecular weight is 452 g/mol. The standard InChI is InChI=1S/C30H29NO3/c1-19-26(29(33)34-18-20-10-5-4-6-11-20)27(23-15-9-13-21-12-7-8-14-22(21)23)28-24(31-19)16-30(2,3)17-25(28)32/h4-15,27,31H,16-18H2,1-3H3. The van der Waals surface area contributed by atoms with Crippen LogP contribution >= 0.6 is 0 Å². The lowest BCUT2D eigenvalue weighted by molar-refractivity contribution is -0.140. The molecule has 4 heteroatoms. The van der Waals surface area contributed by atoms with Crippen LogP contribution < -0.4 is 5.32 Å². The summed E-state index contributed by atoms with van der Waals surface area (Å²) in [5, 5.41) is 5.55. The van der Waals surface area contributed by atoms with E-state index in [1.54, 1.807) is 0 Å². The van der Waals surface area contributed by atoms with Gasteiger partial charge in [0.15, 0.2) is 5.78 Å². The number of carbonyl (C=O) groups is 2. The van der Waals surface area contributed by atoms with Crippen molar-refractivity contribution in [2.24, 2.45) is 5.41 Å². The molecule has 3 aromatic carbocycles. The number of ketones is 1. The van der Waals surface area contributed by atoms with Crippen LogP contribution in [0.4, 0.5) is 0 Å². The quantitative estimate of drug-likeness (QED) is 0.481. The van der Waals surface area contributed by atoms with Gasteiger partial charge in [-0.15, -0.1) is 0 Å². The van der Waals surface area contributed by atoms with Crippen molar-refractivity contribution in [3.8, 4) is 0 Å². The van der Waals surface area contributed by atoms with Crippen LogP contribution in [0.2, 0.25) is 0 Å². The van der Waals surface area contributed by atoms with E-state index in [-0.39, 0.29) is 17.8 Å². The van der Waals surface area contributed by atoms with Crippen LogP contribution in [0, 0.1) is 5.41 Å². The van der Waals surface area contributed by atoms with Gasteiger partial charge >= 0.3 is 5.97 Å². The fraction of sp³-hybridized carbons (Fsp3) is 0.267. The van der Waals surface area contributed by atoms with Crippen LogP contribution in [0.3, 0.4) is 0 Å². The summed E-state index contributed by atoms with van der Waals surface area (Å²) in [6.07, 6.45) is 1.22. The van der Waals surface area contributed by atoms with Gasteiger partial charge in [-0.1, -0.05) is 86.6 Å². The van der Waals surface area contributed by atoms with Crippen LogP contribution in [-0.2, 0) is 20.9 Å². The fourth-order valence-electron chi connectivity index (χ4n) is 5.32. The summed E-state index contributed by atoms with van der Waals surface area (Å²) in [6, 6.07) is 23.9. The van der Waals surface area contributed by atoms with Gasteiger partial charge in [0.2, 0.25) is 0 Å². The fourth-order valence-corrected chi connectivity index (χ4v) is 5.32. The van der Waals surface area contributed by atoms with E-state index >= 15 is 0 Å². The maximum Gasteiger partial charge on any atom is 0.337 e. The van der Waals surface area contributed by atoms with Gasteiger partial charge in [-0.05, 0) is 40.7 Å². The molecule has 3 aromatic rings. The van der Waals surface area contributed by atoms with Gasteiger partial charge in [0, 0.05) is 29.3 Å². The zero-order valence-electron chi connectivity index (χ0n) is 19.9. The maximum absolute atomic E-state index is 13.6. The number of dihydropyridines is 1. The van der Waals surface area contributed by atoms with Crippen molar-refractivity contribution >= 4 is 22.5 Å². The topological polar surface area (TPSA) is 55.4 Å². The first-order valence-electron chi connectivity index (χ1n) is 11.8. The van der Waals surface area contributed by atoms with Crippen LogP contribution in [0.1, 0.15) is 50.7 Å². The molecule has 0 aromatic heterocycles. The first-order valence-corrected chi connectivity index (χ1v) is 11.8. The summed E-state index contributed by atoms with van der Waals surface area (Å²) in [4.78, 5) is 27.1. The zero-order valence-corrected chi connectivity index (χ0v) is 19.9. The maximum atomic E-state index is 13.6. The number of nitrogens with one attached hydrogen (secondary N) is 1. The molecule has 1 atom stereocenters. The molecular weight excluding hydrogens is 422 g/mol. The SMILES string of the molecule is CC1=C(C(=O)OCc2ccccc2)C(c2cccc3ccccc23)C2=C(CC(C)(C)CC2=O)N1. The van der Waals surface area contributed by atoms with E-state index in [9.17, 15) is 9.59 Å². The molecule has 1 unspecified atom stereocenters. The predicted molar refractivity (Wildman–Crippen MR) is 134 cm³/mol. The number of carbonyl (C=O) groups excluding carboxylic acids is 2. The Balaban J connectivity index is 1.63. The number of hydrogen-bond acceptors (Lipinski definition) is 4. The molecule has 0 amide bonds. The second-order valence-corrected chi connectivity index (χ2v) is 10.1. The molecule has 0 radical (unpaired) electrons. The van der Waals surface area contributed by atoms with Gasteiger partial charge in [0.05, 0.1) is 5.57 Å². The molecule has 1 heterocycles. The minimum atomic E-state index is -0.464. The van der Waals surface area contributed by atoms with Gasteiger partial charge < -0.3 is 10.1 Å². The summed E-state index contributed by atoms with van der Waals surface area (Å²) in [6.45, 7) is 6.33. The molecule has 172 valence electrons. The molecule has 0 bridgehead atoms. The summed E-state index contributed by atoms with van der Waals surface area (Å²) in [7, 11) is 0. The Kier molecular flexibility index (Phi) is 5.60. The molecule has 0 spiro atoms. The lowest BCUT2D eigenvalue weighted by atomic mass is 9.68. The largest absolute Gasteiger partial charge is 0.457 e. The van der Waals surface area contributed by atoms with E-state index < -0.39 is 11.9 Å². The summed E-state index contributed by atoms with van der Waals surface area (Å²) >= 11 is 0. The van der Waals surface area contributed by atoms with Gasteiger partial charge in [-0.3, -0.25) is 4.79 Å². The molecule has 1 aliphatic heterocycles. The number of hydrogen-bond donors (Lipinski definition) is 1. The number of benzene rings is 3. The molecule has 34 heavy (non-hydrogen) atoms. The van der Waals surface area contributed by atoms with Crippen LogP contribution in [0.15, 0.2) is 95.3 Å². The van der Waals surface area contributed by atoms with Gasteiger partial charge in [-0.25, -0.2) is 4.79 Å². The van der Waals surface area contributed by atoms with Gasteiger partial charge in [0.1, 0.15) is 6.61 Å². The Morgan fingerprint density at radius 1 is 0.971 bits per heavy atom. The number of fused-ring (bicyclic) bond motifs is 1. The lowest BCUT2D eigenvalue weighted by Gasteiger charge is -2.39. The minimum absolute atomic E-state index is 0.0949. The van der Waals surface area contributed by atoms with Crippen molar-refractivity contribution in [1.29, 1.82) is 0 Å². The molecule has 2 aliphatic rings. The number of ether oxygens (including phenoxy) is 1. The molecule has 4 nitrogen and oxygen atoms in total. The lowest BCUT2D eigenvalue weighted by Crippen LogP contribution is -2.38. The Morgan fingerprint density at radius 2 is 1.68 bits per heavy atom. The molecule has 1 N–H and O–H groups in total. The highest BCUT2D eigenvalue weighted by Crippen LogP contribution is 2.48. The highest BCUT2D eigenvalue weighted by atomic mass is 16.5. The van der Waals surface area contributed by atoms with Crippen LogP contribution in [0.5, 0.6) is 0 Å². The molecule has 0 fully saturated rings. The third kappa shape index (κ3) is 4.05. The summed E-state index contributed by atoms with van der Waals surface area (Å²) in [5.74, 6) is -0.761. The van der Waals surface area contributed by atoms with E-state index in [1.807, 2.05) is 61.5 Å². The summed E-state index contributed by atoms with van der Waals surface area (Å²) in [5.41, 5.74) is 4.65. The number of rotatable bonds is 4. The number of esters is 1. The first kappa shape index (κ1) is 22.1. The Morgan fingerprint density at radius 3 is 2.47 bits per heavy atom. The van der Waals surface area contributed by atoms with Crippen LogP contribution in [-0.4, -0.2) is 11.8 Å². The average Bonchev–Trinajstić information content (AvgIpc) is 2.81.